The van der Waals surface area contributed by atoms with Crippen molar-refractivity contribution >= 4 is 0 Å². The topological polar surface area (TPSA) is 44.0 Å². The van der Waals surface area contributed by atoms with Gasteiger partial charge in [0.15, 0.2) is 0 Å². The van der Waals surface area contributed by atoms with E-state index in [0.29, 0.717) is 5.92 Å². The van der Waals surface area contributed by atoms with Crippen LogP contribution in [0, 0.1) is 23.2 Å². The average Bonchev–Trinajstić information content (AvgIpc) is 2.03. The van der Waals surface area contributed by atoms with Gasteiger partial charge in [-0.15, -0.1) is 0 Å². The Labute approximate surface area is 74.2 Å². The molecule has 0 unspecified atom stereocenters. The van der Waals surface area contributed by atoms with Crippen molar-refractivity contribution in [1.82, 2.24) is 0 Å². The van der Waals surface area contributed by atoms with E-state index in [0.717, 1.165) is 25.7 Å². The Morgan fingerprint density at radius 2 is 1.75 bits per heavy atom. The van der Waals surface area contributed by atoms with Crippen molar-refractivity contribution in [3.63, 3.8) is 0 Å². The summed E-state index contributed by atoms with van der Waals surface area (Å²) in [5.74, 6) is 0.630. The van der Waals surface area contributed by atoms with Crippen molar-refractivity contribution < 1.29 is 5.11 Å². The van der Waals surface area contributed by atoms with Gasteiger partial charge in [-0.2, -0.15) is 5.26 Å². The van der Waals surface area contributed by atoms with Gasteiger partial charge >= 0.3 is 0 Å². The van der Waals surface area contributed by atoms with E-state index in [4.69, 9.17) is 5.26 Å². The van der Waals surface area contributed by atoms with Gasteiger partial charge in [0.25, 0.3) is 0 Å². The summed E-state index contributed by atoms with van der Waals surface area (Å²) in [6.07, 6.45) is 3.93. The number of rotatable bonds is 1. The van der Waals surface area contributed by atoms with E-state index >= 15 is 0 Å². The van der Waals surface area contributed by atoms with E-state index < -0.39 is 5.60 Å². The zero-order valence-corrected chi connectivity index (χ0v) is 7.88. The molecule has 0 saturated heterocycles. The molecule has 1 rings (SSSR count). The third-order valence-electron chi connectivity index (χ3n) is 2.91. The molecule has 0 aromatic carbocycles. The molecular formula is C10H17NO. The number of nitriles is 1. The first kappa shape index (κ1) is 9.54. The van der Waals surface area contributed by atoms with Crippen LogP contribution in [0.2, 0.25) is 0 Å². The van der Waals surface area contributed by atoms with E-state index in [1.165, 1.54) is 0 Å². The number of aliphatic hydroxyl groups is 1. The molecule has 2 nitrogen and oxygen atoms in total. The largest absolute Gasteiger partial charge is 0.390 e. The fourth-order valence-electron chi connectivity index (χ4n) is 1.93. The van der Waals surface area contributed by atoms with Crippen LogP contribution in [0.1, 0.15) is 39.5 Å². The molecule has 1 N–H and O–H groups in total. The molecule has 12 heavy (non-hydrogen) atoms. The SMILES string of the molecule is CC(C)(O)C1CCC(C#N)CC1. The summed E-state index contributed by atoms with van der Waals surface area (Å²) in [5, 5.41) is 18.4. The molecule has 0 aromatic heterocycles. The summed E-state index contributed by atoms with van der Waals surface area (Å²) in [6.45, 7) is 3.73. The lowest BCUT2D eigenvalue weighted by Crippen LogP contribution is -2.33. The zero-order valence-electron chi connectivity index (χ0n) is 7.88. The summed E-state index contributed by atoms with van der Waals surface area (Å²) in [5.41, 5.74) is -0.555. The predicted octanol–water partition coefficient (Wildman–Crippen LogP) is 2.09. The highest BCUT2D eigenvalue weighted by Gasteiger charge is 2.30. The molecule has 0 bridgehead atoms. The Morgan fingerprint density at radius 1 is 1.25 bits per heavy atom. The van der Waals surface area contributed by atoms with E-state index in [2.05, 4.69) is 6.07 Å². The monoisotopic (exact) mass is 167 g/mol. The van der Waals surface area contributed by atoms with Crippen LogP contribution in [-0.4, -0.2) is 10.7 Å². The van der Waals surface area contributed by atoms with E-state index in [9.17, 15) is 5.11 Å². The summed E-state index contributed by atoms with van der Waals surface area (Å²) in [7, 11) is 0. The van der Waals surface area contributed by atoms with Crippen LogP contribution < -0.4 is 0 Å². The van der Waals surface area contributed by atoms with Crippen molar-refractivity contribution in [3.05, 3.63) is 0 Å². The predicted molar refractivity (Wildman–Crippen MR) is 47.4 cm³/mol. The first-order chi connectivity index (χ1) is 5.54. The molecule has 0 aromatic rings. The van der Waals surface area contributed by atoms with Gasteiger partial charge in [0.2, 0.25) is 0 Å². The highest BCUT2D eigenvalue weighted by atomic mass is 16.3. The maximum absolute atomic E-state index is 9.72. The normalized spacial score (nSPS) is 31.2. The van der Waals surface area contributed by atoms with Crippen LogP contribution in [0.4, 0.5) is 0 Å². The number of hydrogen-bond donors (Lipinski definition) is 1. The second kappa shape index (κ2) is 3.45. The van der Waals surface area contributed by atoms with Gasteiger partial charge in [-0.1, -0.05) is 0 Å². The lowest BCUT2D eigenvalue weighted by molar-refractivity contribution is -0.00276. The van der Waals surface area contributed by atoms with Gasteiger partial charge in [-0.25, -0.2) is 0 Å². The lowest BCUT2D eigenvalue weighted by Gasteiger charge is -2.33. The molecule has 0 spiro atoms. The van der Waals surface area contributed by atoms with Gasteiger partial charge < -0.3 is 5.11 Å². The summed E-state index contributed by atoms with van der Waals surface area (Å²) < 4.78 is 0. The Morgan fingerprint density at radius 3 is 2.08 bits per heavy atom. The van der Waals surface area contributed by atoms with Gasteiger partial charge in [-0.3, -0.25) is 0 Å². The molecule has 68 valence electrons. The lowest BCUT2D eigenvalue weighted by atomic mass is 9.75. The van der Waals surface area contributed by atoms with Crippen LogP contribution in [0.3, 0.4) is 0 Å². The first-order valence-electron chi connectivity index (χ1n) is 4.66. The third kappa shape index (κ3) is 2.22. The van der Waals surface area contributed by atoms with Crippen LogP contribution in [0.5, 0.6) is 0 Å². The zero-order chi connectivity index (χ0) is 9.19. The quantitative estimate of drug-likeness (QED) is 0.649. The Hall–Kier alpha value is -0.550. The molecular weight excluding hydrogens is 150 g/mol. The molecule has 1 fully saturated rings. The molecule has 1 aliphatic rings. The fourth-order valence-corrected chi connectivity index (χ4v) is 1.93. The minimum absolute atomic E-state index is 0.239. The summed E-state index contributed by atoms with van der Waals surface area (Å²) >= 11 is 0. The van der Waals surface area contributed by atoms with Crippen molar-refractivity contribution in [3.8, 4) is 6.07 Å². The van der Waals surface area contributed by atoms with Gasteiger partial charge in [-0.05, 0) is 45.4 Å². The van der Waals surface area contributed by atoms with Crippen LogP contribution in [-0.2, 0) is 0 Å². The van der Waals surface area contributed by atoms with Crippen molar-refractivity contribution in [1.29, 1.82) is 5.26 Å². The first-order valence-corrected chi connectivity index (χ1v) is 4.66. The summed E-state index contributed by atoms with van der Waals surface area (Å²) in [6, 6.07) is 2.29. The minimum Gasteiger partial charge on any atom is -0.390 e. The molecule has 0 atom stereocenters. The Balaban J connectivity index is 2.42. The van der Waals surface area contributed by atoms with Crippen LogP contribution >= 0.6 is 0 Å². The second-order valence-electron chi connectivity index (χ2n) is 4.33. The smallest absolute Gasteiger partial charge is 0.0655 e. The minimum atomic E-state index is -0.555. The van der Waals surface area contributed by atoms with Crippen molar-refractivity contribution in [2.24, 2.45) is 11.8 Å². The van der Waals surface area contributed by atoms with Gasteiger partial charge in [0.1, 0.15) is 0 Å². The van der Waals surface area contributed by atoms with Gasteiger partial charge in [0, 0.05) is 5.92 Å². The highest BCUT2D eigenvalue weighted by Crippen LogP contribution is 2.34. The van der Waals surface area contributed by atoms with Crippen molar-refractivity contribution in [2.75, 3.05) is 0 Å². The third-order valence-corrected chi connectivity index (χ3v) is 2.91. The standard InChI is InChI=1S/C10H17NO/c1-10(2,12)9-5-3-8(7-11)4-6-9/h8-9,12H,3-6H2,1-2H3. The molecule has 0 radical (unpaired) electrons. The second-order valence-corrected chi connectivity index (χ2v) is 4.33. The molecule has 1 saturated carbocycles. The van der Waals surface area contributed by atoms with Crippen LogP contribution in [0.25, 0.3) is 0 Å². The fraction of sp³-hybridized carbons (Fsp3) is 0.900. The Bertz CT molecular complexity index is 179. The average molecular weight is 167 g/mol. The molecule has 0 heterocycles. The molecule has 1 aliphatic carbocycles. The van der Waals surface area contributed by atoms with Crippen molar-refractivity contribution in [2.45, 2.75) is 45.1 Å². The van der Waals surface area contributed by atoms with E-state index in [-0.39, 0.29) is 5.92 Å². The highest BCUT2D eigenvalue weighted by molar-refractivity contribution is 4.90. The van der Waals surface area contributed by atoms with Crippen LogP contribution in [0.15, 0.2) is 0 Å². The Kier molecular flexibility index (Phi) is 2.74. The maximum Gasteiger partial charge on any atom is 0.0655 e. The van der Waals surface area contributed by atoms with Gasteiger partial charge in [0.05, 0.1) is 11.7 Å². The molecule has 2 heteroatoms. The van der Waals surface area contributed by atoms with E-state index in [1.54, 1.807) is 0 Å². The summed E-state index contributed by atoms with van der Waals surface area (Å²) in [4.78, 5) is 0. The molecule has 0 aliphatic heterocycles. The number of nitrogens with zero attached hydrogens (tertiary/aromatic N) is 1. The van der Waals surface area contributed by atoms with E-state index in [1.807, 2.05) is 13.8 Å². The maximum atomic E-state index is 9.72. The number of hydrogen-bond acceptors (Lipinski definition) is 2. The molecule has 0 amide bonds.